The highest BCUT2D eigenvalue weighted by Gasteiger charge is 2.58. The molecule has 4 unspecified atom stereocenters. The van der Waals surface area contributed by atoms with Crippen LogP contribution in [0.4, 0.5) is 0 Å². The molecule has 0 amide bonds. The van der Waals surface area contributed by atoms with Gasteiger partial charge in [-0.15, -0.1) is 0 Å². The third-order valence-electron chi connectivity index (χ3n) is 5.77. The first-order valence-electron chi connectivity index (χ1n) is 10.8. The Morgan fingerprint density at radius 3 is 2.51 bits per heavy atom. The van der Waals surface area contributed by atoms with Crippen molar-refractivity contribution in [3.05, 3.63) is 10.4 Å². The average Bonchev–Trinajstić information content (AvgIpc) is 2.83. The van der Waals surface area contributed by atoms with Crippen molar-refractivity contribution in [1.29, 1.82) is 0 Å². The van der Waals surface area contributed by atoms with Gasteiger partial charge in [0.05, 0.1) is 25.4 Å². The minimum absolute atomic E-state index is 0.0722. The van der Waals surface area contributed by atoms with Crippen LogP contribution in [0.15, 0.2) is 5.11 Å². The Kier molecular flexibility index (Phi) is 11.0. The number of nitrogens with two attached hydrogens (primary N) is 1. The van der Waals surface area contributed by atoms with E-state index in [1.165, 1.54) is 0 Å². The molecule has 0 saturated carbocycles. The zero-order valence-corrected chi connectivity index (χ0v) is 18.6. The molecule has 17 heteroatoms. The van der Waals surface area contributed by atoms with E-state index in [-0.39, 0.29) is 19.6 Å². The summed E-state index contributed by atoms with van der Waals surface area (Å²) in [6, 6.07) is -1.40. The number of nitrogens with zero attached hydrogens (tertiary/aromatic N) is 3. The third kappa shape index (κ3) is 6.75. The minimum atomic E-state index is -2.79. The normalized spacial score (nSPS) is 39.4. The smallest absolute Gasteiger partial charge is 0.364 e. The molecule has 2 aliphatic heterocycles. The van der Waals surface area contributed by atoms with Gasteiger partial charge in [-0.25, -0.2) is 4.79 Å². The number of aliphatic hydroxyl groups is 7. The van der Waals surface area contributed by atoms with Gasteiger partial charge in [0.1, 0.15) is 42.7 Å². The number of ether oxygens (including phenoxy) is 4. The van der Waals surface area contributed by atoms with Crippen LogP contribution in [0.5, 0.6) is 0 Å². The molecule has 35 heavy (non-hydrogen) atoms. The molecule has 0 aromatic carbocycles. The molecule has 0 aliphatic carbocycles. The van der Waals surface area contributed by atoms with E-state index in [1.54, 1.807) is 0 Å². The highest BCUT2D eigenvalue weighted by atomic mass is 16.8. The van der Waals surface area contributed by atoms with Gasteiger partial charge in [-0.05, 0) is 12.0 Å². The van der Waals surface area contributed by atoms with Crippen LogP contribution >= 0.6 is 0 Å². The van der Waals surface area contributed by atoms with Gasteiger partial charge in [-0.2, -0.15) is 0 Å². The summed E-state index contributed by atoms with van der Waals surface area (Å²) in [4.78, 5) is 14.8. The zero-order chi connectivity index (χ0) is 26.3. The maximum Gasteiger partial charge on any atom is 0.364 e. The molecular formula is C18H32N4O13. The Morgan fingerprint density at radius 2 is 1.94 bits per heavy atom. The Bertz CT molecular complexity index is 743. The Morgan fingerprint density at radius 1 is 1.26 bits per heavy atom. The van der Waals surface area contributed by atoms with Crippen LogP contribution in [0.25, 0.3) is 10.4 Å². The van der Waals surface area contributed by atoms with Gasteiger partial charge in [0, 0.05) is 24.5 Å². The molecule has 0 bridgehead atoms. The monoisotopic (exact) mass is 512 g/mol. The summed E-state index contributed by atoms with van der Waals surface area (Å²) in [6.07, 6.45) is -16.0. The molecule has 2 fully saturated rings. The summed E-state index contributed by atoms with van der Waals surface area (Å²) in [7, 11) is 0. The van der Waals surface area contributed by atoms with E-state index >= 15 is 0 Å². The van der Waals surface area contributed by atoms with Crippen LogP contribution in [0.2, 0.25) is 0 Å². The molecule has 0 spiro atoms. The molecule has 2 heterocycles. The van der Waals surface area contributed by atoms with Crippen LogP contribution < -0.4 is 5.73 Å². The van der Waals surface area contributed by atoms with Crippen molar-refractivity contribution in [3.8, 4) is 0 Å². The van der Waals surface area contributed by atoms with Crippen molar-refractivity contribution in [2.75, 3.05) is 26.4 Å². The fourth-order valence-corrected chi connectivity index (χ4v) is 3.79. The number of azide groups is 1. The van der Waals surface area contributed by atoms with E-state index in [0.29, 0.717) is 0 Å². The Labute approximate surface area is 198 Å². The molecular weight excluding hydrogens is 480 g/mol. The highest BCUT2D eigenvalue weighted by molar-refractivity contribution is 5.76. The lowest BCUT2D eigenvalue weighted by atomic mass is 9.89. The largest absolute Gasteiger partial charge is 0.477 e. The van der Waals surface area contributed by atoms with E-state index in [1.807, 2.05) is 0 Å². The van der Waals surface area contributed by atoms with Crippen molar-refractivity contribution < 1.29 is 64.6 Å². The molecule has 0 aromatic heterocycles. The molecule has 2 rings (SSSR count). The van der Waals surface area contributed by atoms with E-state index < -0.39 is 92.6 Å². The first kappa shape index (κ1) is 29.5. The summed E-state index contributed by atoms with van der Waals surface area (Å²) in [5, 5.41) is 83.5. The van der Waals surface area contributed by atoms with Gasteiger partial charge in [-0.3, -0.25) is 0 Å². The van der Waals surface area contributed by atoms with Crippen molar-refractivity contribution in [3.63, 3.8) is 0 Å². The van der Waals surface area contributed by atoms with Crippen molar-refractivity contribution in [2.24, 2.45) is 10.8 Å². The van der Waals surface area contributed by atoms with Gasteiger partial charge < -0.3 is 65.5 Å². The lowest BCUT2D eigenvalue weighted by molar-refractivity contribution is -0.369. The fraction of sp³-hybridized carbons (Fsp3) is 0.944. The zero-order valence-electron chi connectivity index (χ0n) is 18.6. The summed E-state index contributed by atoms with van der Waals surface area (Å²) < 4.78 is 21.6. The fourth-order valence-electron chi connectivity index (χ4n) is 3.79. The molecule has 2 saturated heterocycles. The van der Waals surface area contributed by atoms with Crippen molar-refractivity contribution >= 4 is 5.97 Å². The van der Waals surface area contributed by atoms with Crippen molar-refractivity contribution in [1.82, 2.24) is 0 Å². The topological polar surface area (TPSA) is 291 Å². The third-order valence-corrected chi connectivity index (χ3v) is 5.77. The van der Waals surface area contributed by atoms with E-state index in [4.69, 9.17) is 35.3 Å². The first-order valence-corrected chi connectivity index (χ1v) is 10.8. The molecule has 2 aliphatic rings. The predicted octanol–water partition coefficient (Wildman–Crippen LogP) is -4.50. The number of aliphatic hydroxyl groups excluding tert-OH is 7. The number of carboxylic acid groups (broad SMARTS) is 1. The number of rotatable bonds is 12. The second kappa shape index (κ2) is 13.0. The summed E-state index contributed by atoms with van der Waals surface area (Å²) in [6.45, 7) is -1.71. The van der Waals surface area contributed by atoms with Crippen LogP contribution in [-0.4, -0.2) is 140 Å². The number of aliphatic carboxylic acids is 1. The van der Waals surface area contributed by atoms with Gasteiger partial charge in [0.2, 0.25) is 0 Å². The SMILES string of the molecule is [N-]=[N+]=NCCCO[C@@H]1OC(CO)[C@H](O)C(O[C@]2(C(=O)O)C[C@@H](O)[C@@H](N)C([C@H](O)[C@H](O)CO)O2)C1O. The van der Waals surface area contributed by atoms with Crippen LogP contribution in [0, 0.1) is 0 Å². The van der Waals surface area contributed by atoms with E-state index in [0.717, 1.165) is 0 Å². The van der Waals surface area contributed by atoms with Crippen molar-refractivity contribution in [2.45, 2.75) is 79.8 Å². The Hall–Kier alpha value is -1.70. The average molecular weight is 512 g/mol. The second-order valence-electron chi connectivity index (χ2n) is 8.20. The van der Waals surface area contributed by atoms with Crippen LogP contribution in [0.1, 0.15) is 12.8 Å². The summed E-state index contributed by atoms with van der Waals surface area (Å²) >= 11 is 0. The van der Waals surface area contributed by atoms with Gasteiger partial charge >= 0.3 is 5.97 Å². The van der Waals surface area contributed by atoms with E-state index in [9.17, 15) is 40.5 Å². The quantitative estimate of drug-likeness (QED) is 0.0515. The standard InChI is InChI=1S/C18H32N4O13/c19-10-7(25)4-18(17(30)31,34-14(10)11(27)8(26)5-23)35-15-12(28)9(6-24)33-16(13(15)29)32-3-1-2-21-22-20/h7-16,23-29H,1-6,19H2,(H,30,31)/t7-,8-,9?,10-,11-,12+,13?,14?,15?,16-,18+/m1/s1. The summed E-state index contributed by atoms with van der Waals surface area (Å²) in [5.74, 6) is -4.61. The number of carboxylic acids is 1. The predicted molar refractivity (Wildman–Crippen MR) is 110 cm³/mol. The molecule has 17 nitrogen and oxygen atoms in total. The lowest BCUT2D eigenvalue weighted by Crippen LogP contribution is -2.69. The number of hydrogen-bond donors (Lipinski definition) is 9. The molecule has 11 atom stereocenters. The molecule has 10 N–H and O–H groups in total. The minimum Gasteiger partial charge on any atom is -0.477 e. The number of carbonyl (C=O) groups is 1. The van der Waals surface area contributed by atoms with Gasteiger partial charge in [0.25, 0.3) is 5.79 Å². The highest BCUT2D eigenvalue weighted by Crippen LogP contribution is 2.36. The molecule has 0 radical (unpaired) electrons. The van der Waals surface area contributed by atoms with Crippen LogP contribution in [0.3, 0.4) is 0 Å². The number of hydrogen-bond acceptors (Lipinski definition) is 14. The summed E-state index contributed by atoms with van der Waals surface area (Å²) in [5.41, 5.74) is 14.1. The lowest BCUT2D eigenvalue weighted by Gasteiger charge is -2.49. The van der Waals surface area contributed by atoms with Crippen LogP contribution in [-0.2, 0) is 23.7 Å². The first-order chi connectivity index (χ1) is 16.5. The maximum absolute atomic E-state index is 12.2. The van der Waals surface area contributed by atoms with E-state index in [2.05, 4.69) is 10.0 Å². The van der Waals surface area contributed by atoms with Gasteiger partial charge in [0.15, 0.2) is 6.29 Å². The maximum atomic E-state index is 12.2. The Balaban J connectivity index is 2.29. The molecule has 202 valence electrons. The second-order valence-corrected chi connectivity index (χ2v) is 8.20. The van der Waals surface area contributed by atoms with Gasteiger partial charge in [-0.1, -0.05) is 5.11 Å². The molecule has 0 aromatic rings.